The summed E-state index contributed by atoms with van der Waals surface area (Å²) in [6.45, 7) is 5.31. The zero-order chi connectivity index (χ0) is 13.7. The van der Waals surface area contributed by atoms with Crippen LogP contribution in [0.2, 0.25) is 0 Å². The van der Waals surface area contributed by atoms with Crippen molar-refractivity contribution in [3.63, 3.8) is 0 Å². The highest BCUT2D eigenvalue weighted by Gasteiger charge is 2.23. The molecule has 3 heteroatoms. The van der Waals surface area contributed by atoms with Gasteiger partial charge in [0.15, 0.2) is 0 Å². The molecule has 1 aliphatic rings. The van der Waals surface area contributed by atoms with Crippen LogP contribution in [0, 0.1) is 17.2 Å². The average molecular weight is 257 g/mol. The van der Waals surface area contributed by atoms with E-state index in [0.29, 0.717) is 6.04 Å². The van der Waals surface area contributed by atoms with E-state index in [4.69, 9.17) is 11.0 Å². The fourth-order valence-electron chi connectivity index (χ4n) is 3.00. The van der Waals surface area contributed by atoms with Gasteiger partial charge in [-0.1, -0.05) is 12.1 Å². The van der Waals surface area contributed by atoms with Crippen LogP contribution >= 0.6 is 0 Å². The van der Waals surface area contributed by atoms with E-state index in [0.717, 1.165) is 37.5 Å². The van der Waals surface area contributed by atoms with Crippen molar-refractivity contribution in [2.24, 2.45) is 11.7 Å². The van der Waals surface area contributed by atoms with Crippen molar-refractivity contribution in [3.8, 4) is 6.07 Å². The Labute approximate surface area is 116 Å². The molecular weight excluding hydrogens is 234 g/mol. The van der Waals surface area contributed by atoms with Crippen LogP contribution in [0.4, 0.5) is 0 Å². The molecule has 1 fully saturated rings. The molecule has 2 rings (SSSR count). The Morgan fingerprint density at radius 2 is 2.37 bits per heavy atom. The Kier molecular flexibility index (Phi) is 4.95. The molecule has 2 unspecified atom stereocenters. The van der Waals surface area contributed by atoms with Gasteiger partial charge in [0.1, 0.15) is 0 Å². The van der Waals surface area contributed by atoms with E-state index < -0.39 is 0 Å². The molecular formula is C16H23N3. The van der Waals surface area contributed by atoms with E-state index >= 15 is 0 Å². The van der Waals surface area contributed by atoms with Crippen molar-refractivity contribution >= 4 is 0 Å². The van der Waals surface area contributed by atoms with E-state index in [1.165, 1.54) is 18.4 Å². The molecule has 1 saturated heterocycles. The summed E-state index contributed by atoms with van der Waals surface area (Å²) in [5.41, 5.74) is 7.67. The number of nitriles is 1. The molecule has 0 aromatic heterocycles. The number of nitrogens with two attached hydrogens (primary N) is 1. The Morgan fingerprint density at radius 3 is 3.11 bits per heavy atom. The molecule has 2 N–H and O–H groups in total. The number of rotatable bonds is 4. The SMILES string of the molecule is CC(c1cccc(C#N)c1)N1CCCC(CCN)C1. The molecule has 0 saturated carbocycles. The van der Waals surface area contributed by atoms with Crippen molar-refractivity contribution in [3.05, 3.63) is 35.4 Å². The van der Waals surface area contributed by atoms with Crippen molar-refractivity contribution in [2.75, 3.05) is 19.6 Å². The van der Waals surface area contributed by atoms with E-state index in [1.54, 1.807) is 0 Å². The first kappa shape index (κ1) is 14.0. The monoisotopic (exact) mass is 257 g/mol. The Balaban J connectivity index is 2.05. The summed E-state index contributed by atoms with van der Waals surface area (Å²) in [6, 6.07) is 10.6. The standard InChI is InChI=1S/C16H23N3/c1-13(16-6-2-4-15(10-16)11-18)19-9-3-5-14(12-19)7-8-17/h2,4,6,10,13-14H,3,5,7-9,12,17H2,1H3. The van der Waals surface area contributed by atoms with Crippen molar-refractivity contribution in [1.82, 2.24) is 4.90 Å². The minimum Gasteiger partial charge on any atom is -0.330 e. The molecule has 1 aromatic carbocycles. The smallest absolute Gasteiger partial charge is 0.0991 e. The molecule has 19 heavy (non-hydrogen) atoms. The van der Waals surface area contributed by atoms with Crippen molar-refractivity contribution < 1.29 is 0 Å². The summed E-state index contributed by atoms with van der Waals surface area (Å²) in [6.07, 6.45) is 3.69. The lowest BCUT2D eigenvalue weighted by molar-refractivity contribution is 0.128. The van der Waals surface area contributed by atoms with E-state index in [2.05, 4.69) is 24.0 Å². The summed E-state index contributed by atoms with van der Waals surface area (Å²) < 4.78 is 0. The number of nitrogens with zero attached hydrogens (tertiary/aromatic N) is 2. The largest absolute Gasteiger partial charge is 0.330 e. The Bertz CT molecular complexity index is 448. The second-order valence-corrected chi connectivity index (χ2v) is 5.49. The fourth-order valence-corrected chi connectivity index (χ4v) is 3.00. The molecule has 0 radical (unpaired) electrons. The molecule has 0 amide bonds. The lowest BCUT2D eigenvalue weighted by Crippen LogP contribution is -2.37. The number of hydrogen-bond donors (Lipinski definition) is 1. The molecule has 102 valence electrons. The van der Waals surface area contributed by atoms with Gasteiger partial charge in [0.2, 0.25) is 0 Å². The molecule has 0 spiro atoms. The third-order valence-electron chi connectivity index (χ3n) is 4.17. The zero-order valence-electron chi connectivity index (χ0n) is 11.7. The lowest BCUT2D eigenvalue weighted by atomic mass is 9.92. The highest BCUT2D eigenvalue weighted by atomic mass is 15.2. The third kappa shape index (κ3) is 3.56. The minimum absolute atomic E-state index is 0.383. The normalized spacial score (nSPS) is 21.8. The molecule has 0 bridgehead atoms. The quantitative estimate of drug-likeness (QED) is 0.902. The van der Waals surface area contributed by atoms with Crippen LogP contribution in [-0.2, 0) is 0 Å². The molecule has 1 aromatic rings. The van der Waals surface area contributed by atoms with E-state index in [1.807, 2.05) is 18.2 Å². The first-order chi connectivity index (χ1) is 9.24. The van der Waals surface area contributed by atoms with E-state index in [-0.39, 0.29) is 0 Å². The maximum Gasteiger partial charge on any atom is 0.0991 e. The molecule has 1 heterocycles. The van der Waals surface area contributed by atoms with Crippen LogP contribution in [0.5, 0.6) is 0 Å². The molecule has 3 nitrogen and oxygen atoms in total. The summed E-state index contributed by atoms with van der Waals surface area (Å²) >= 11 is 0. The number of piperidine rings is 1. The first-order valence-corrected chi connectivity index (χ1v) is 7.18. The fraction of sp³-hybridized carbons (Fsp3) is 0.562. The summed E-state index contributed by atoms with van der Waals surface area (Å²) in [5.74, 6) is 0.736. The topological polar surface area (TPSA) is 53.0 Å². The summed E-state index contributed by atoms with van der Waals surface area (Å²) in [7, 11) is 0. The minimum atomic E-state index is 0.383. The van der Waals surface area contributed by atoms with Crippen molar-refractivity contribution in [2.45, 2.75) is 32.2 Å². The molecule has 0 aliphatic carbocycles. The first-order valence-electron chi connectivity index (χ1n) is 7.18. The second-order valence-electron chi connectivity index (χ2n) is 5.49. The Hall–Kier alpha value is -1.37. The van der Waals surface area contributed by atoms with Crippen LogP contribution in [0.15, 0.2) is 24.3 Å². The van der Waals surface area contributed by atoms with Crippen molar-refractivity contribution in [1.29, 1.82) is 5.26 Å². The maximum absolute atomic E-state index is 8.99. The van der Waals surface area contributed by atoms with Gasteiger partial charge in [0.05, 0.1) is 11.6 Å². The second kappa shape index (κ2) is 6.70. The van der Waals surface area contributed by atoms with Crippen LogP contribution < -0.4 is 5.73 Å². The zero-order valence-corrected chi connectivity index (χ0v) is 11.7. The average Bonchev–Trinajstić information content (AvgIpc) is 2.47. The van der Waals surface area contributed by atoms with Gasteiger partial charge >= 0.3 is 0 Å². The third-order valence-corrected chi connectivity index (χ3v) is 4.17. The highest BCUT2D eigenvalue weighted by molar-refractivity contribution is 5.34. The number of likely N-dealkylation sites (tertiary alicyclic amines) is 1. The van der Waals surface area contributed by atoms with Gasteiger partial charge < -0.3 is 5.73 Å². The lowest BCUT2D eigenvalue weighted by Gasteiger charge is -2.37. The number of benzene rings is 1. The van der Waals surface area contributed by atoms with Gasteiger partial charge in [-0.05, 0) is 62.9 Å². The van der Waals surface area contributed by atoms with Gasteiger partial charge in [-0.25, -0.2) is 0 Å². The molecule has 2 atom stereocenters. The predicted molar refractivity (Wildman–Crippen MR) is 77.5 cm³/mol. The van der Waals surface area contributed by atoms with Gasteiger partial charge in [-0.3, -0.25) is 4.90 Å². The van der Waals surface area contributed by atoms with Gasteiger partial charge in [0.25, 0.3) is 0 Å². The van der Waals surface area contributed by atoms with Crippen LogP contribution in [0.3, 0.4) is 0 Å². The molecule has 1 aliphatic heterocycles. The highest BCUT2D eigenvalue weighted by Crippen LogP contribution is 2.28. The number of hydrogen-bond acceptors (Lipinski definition) is 3. The van der Waals surface area contributed by atoms with Crippen LogP contribution in [-0.4, -0.2) is 24.5 Å². The summed E-state index contributed by atoms with van der Waals surface area (Å²) in [5, 5.41) is 8.99. The summed E-state index contributed by atoms with van der Waals surface area (Å²) in [4.78, 5) is 2.53. The van der Waals surface area contributed by atoms with Gasteiger partial charge in [-0.15, -0.1) is 0 Å². The maximum atomic E-state index is 8.99. The van der Waals surface area contributed by atoms with Gasteiger partial charge in [-0.2, -0.15) is 5.26 Å². The van der Waals surface area contributed by atoms with Crippen LogP contribution in [0.1, 0.15) is 43.4 Å². The predicted octanol–water partition coefficient (Wildman–Crippen LogP) is 2.68. The van der Waals surface area contributed by atoms with E-state index in [9.17, 15) is 0 Å². The Morgan fingerprint density at radius 1 is 1.53 bits per heavy atom. The van der Waals surface area contributed by atoms with Gasteiger partial charge in [0, 0.05) is 12.6 Å². The van der Waals surface area contributed by atoms with Crippen LogP contribution in [0.25, 0.3) is 0 Å².